The van der Waals surface area contributed by atoms with E-state index in [1.54, 1.807) is 7.05 Å². The van der Waals surface area contributed by atoms with Crippen LogP contribution in [0.1, 0.15) is 35.2 Å². The molecule has 1 fully saturated rings. The summed E-state index contributed by atoms with van der Waals surface area (Å²) >= 11 is 0. The van der Waals surface area contributed by atoms with Crippen molar-refractivity contribution in [3.05, 3.63) is 35.4 Å². The molecule has 0 aliphatic carbocycles. The molecule has 6 nitrogen and oxygen atoms in total. The van der Waals surface area contributed by atoms with Gasteiger partial charge in [-0.05, 0) is 49.3 Å². The van der Waals surface area contributed by atoms with E-state index >= 15 is 0 Å². The van der Waals surface area contributed by atoms with Crippen LogP contribution in [0, 0.1) is 5.92 Å². The van der Waals surface area contributed by atoms with Crippen molar-refractivity contribution in [1.82, 2.24) is 15.5 Å². The Labute approximate surface area is 157 Å². The number of carbonyl (C=O) groups is 1. The molecule has 0 aromatic heterocycles. The molecule has 0 unspecified atom stereocenters. The summed E-state index contributed by atoms with van der Waals surface area (Å²) in [5.41, 5.74) is 1.84. The number of nitrogens with zero attached hydrogens (tertiary/aromatic N) is 2. The molecule has 1 aromatic rings. The van der Waals surface area contributed by atoms with Gasteiger partial charge in [-0.25, -0.2) is 0 Å². The van der Waals surface area contributed by atoms with Crippen LogP contribution in [-0.2, 0) is 11.2 Å². The first kappa shape index (κ1) is 20.2. The molecule has 0 bridgehead atoms. The standard InChI is InChI=1S/C20H32N4O2/c1-21-19(25)18-6-4-5-17(15-18)7-11-23-20(22-2)24(3)12-8-16-9-13-26-14-10-16/h4-6,15-16H,7-14H2,1-3H3,(H,21,25)(H,22,23). The van der Waals surface area contributed by atoms with E-state index in [1.165, 1.54) is 19.3 Å². The Morgan fingerprint density at radius 3 is 2.81 bits per heavy atom. The first-order chi connectivity index (χ1) is 12.6. The van der Waals surface area contributed by atoms with E-state index in [1.807, 2.05) is 31.3 Å². The van der Waals surface area contributed by atoms with Crippen molar-refractivity contribution in [1.29, 1.82) is 0 Å². The Kier molecular flexibility index (Phi) is 8.41. The Morgan fingerprint density at radius 2 is 2.12 bits per heavy atom. The second-order valence-electron chi connectivity index (χ2n) is 6.77. The summed E-state index contributed by atoms with van der Waals surface area (Å²) < 4.78 is 5.43. The molecule has 1 aliphatic rings. The summed E-state index contributed by atoms with van der Waals surface area (Å²) in [5.74, 6) is 1.62. The molecule has 1 amide bonds. The molecule has 0 spiro atoms. The van der Waals surface area contributed by atoms with E-state index in [0.717, 1.165) is 50.2 Å². The monoisotopic (exact) mass is 360 g/mol. The smallest absolute Gasteiger partial charge is 0.251 e. The molecule has 1 saturated heterocycles. The number of guanidine groups is 1. The van der Waals surface area contributed by atoms with Gasteiger partial charge in [-0.3, -0.25) is 9.79 Å². The van der Waals surface area contributed by atoms with Crippen molar-refractivity contribution in [2.24, 2.45) is 10.9 Å². The van der Waals surface area contributed by atoms with Gasteiger partial charge >= 0.3 is 0 Å². The molecule has 2 rings (SSSR count). The van der Waals surface area contributed by atoms with Gasteiger partial charge in [0.05, 0.1) is 0 Å². The van der Waals surface area contributed by atoms with E-state index in [9.17, 15) is 4.79 Å². The predicted octanol–water partition coefficient (Wildman–Crippen LogP) is 1.91. The molecular weight excluding hydrogens is 328 g/mol. The third kappa shape index (κ3) is 6.33. The third-order valence-corrected chi connectivity index (χ3v) is 4.90. The average molecular weight is 361 g/mol. The van der Waals surface area contributed by atoms with Gasteiger partial charge in [0.2, 0.25) is 0 Å². The fraction of sp³-hybridized carbons (Fsp3) is 0.600. The van der Waals surface area contributed by atoms with Gasteiger partial charge < -0.3 is 20.3 Å². The third-order valence-electron chi connectivity index (χ3n) is 4.90. The van der Waals surface area contributed by atoms with Gasteiger partial charge in [0.25, 0.3) is 5.91 Å². The molecule has 6 heteroatoms. The number of carbonyl (C=O) groups excluding carboxylic acids is 1. The van der Waals surface area contributed by atoms with Crippen LogP contribution in [0.2, 0.25) is 0 Å². The molecule has 0 atom stereocenters. The fourth-order valence-corrected chi connectivity index (χ4v) is 3.23. The van der Waals surface area contributed by atoms with Crippen LogP contribution in [0.3, 0.4) is 0 Å². The van der Waals surface area contributed by atoms with E-state index < -0.39 is 0 Å². The SMILES string of the molecule is CN=C(NCCc1cccc(C(=O)NC)c1)N(C)CCC1CCOCC1. The van der Waals surface area contributed by atoms with Crippen LogP contribution < -0.4 is 10.6 Å². The van der Waals surface area contributed by atoms with Crippen LogP contribution >= 0.6 is 0 Å². The van der Waals surface area contributed by atoms with Crippen LogP contribution in [0.5, 0.6) is 0 Å². The quantitative estimate of drug-likeness (QED) is 0.576. The second kappa shape index (κ2) is 10.8. The molecule has 2 N–H and O–H groups in total. The lowest BCUT2D eigenvalue weighted by atomic mass is 9.96. The van der Waals surface area contributed by atoms with Gasteiger partial charge in [0.15, 0.2) is 5.96 Å². The fourth-order valence-electron chi connectivity index (χ4n) is 3.23. The number of hydrogen-bond donors (Lipinski definition) is 2. The van der Waals surface area contributed by atoms with Crippen molar-refractivity contribution in [2.45, 2.75) is 25.7 Å². The predicted molar refractivity (Wildman–Crippen MR) is 106 cm³/mol. The van der Waals surface area contributed by atoms with Crippen LogP contribution in [0.4, 0.5) is 0 Å². The molecule has 1 heterocycles. The molecule has 0 saturated carbocycles. The van der Waals surface area contributed by atoms with Crippen molar-refractivity contribution >= 4 is 11.9 Å². The lowest BCUT2D eigenvalue weighted by Gasteiger charge is -2.26. The Bertz CT molecular complexity index is 597. The number of ether oxygens (including phenoxy) is 1. The maximum absolute atomic E-state index is 11.7. The van der Waals surface area contributed by atoms with E-state index in [2.05, 4.69) is 27.6 Å². The Hall–Kier alpha value is -2.08. The zero-order valence-corrected chi connectivity index (χ0v) is 16.3. The number of nitrogens with one attached hydrogen (secondary N) is 2. The summed E-state index contributed by atoms with van der Waals surface area (Å²) in [4.78, 5) is 18.3. The number of benzene rings is 1. The minimum Gasteiger partial charge on any atom is -0.381 e. The van der Waals surface area contributed by atoms with Gasteiger partial charge in [0.1, 0.15) is 0 Å². The average Bonchev–Trinajstić information content (AvgIpc) is 2.69. The number of rotatable bonds is 7. The summed E-state index contributed by atoms with van der Waals surface area (Å²) in [5, 5.41) is 6.08. The van der Waals surface area contributed by atoms with Gasteiger partial charge in [0, 0.05) is 53.0 Å². The topological polar surface area (TPSA) is 66.0 Å². The summed E-state index contributed by atoms with van der Waals surface area (Å²) in [6, 6.07) is 7.75. The normalized spacial score (nSPS) is 15.6. The van der Waals surface area contributed by atoms with Crippen LogP contribution in [-0.4, -0.2) is 64.2 Å². The molecule has 1 aromatic carbocycles. The molecule has 0 radical (unpaired) electrons. The second-order valence-corrected chi connectivity index (χ2v) is 6.77. The number of aliphatic imine (C=N–C) groups is 1. The number of amides is 1. The zero-order valence-electron chi connectivity index (χ0n) is 16.3. The van der Waals surface area contributed by atoms with Crippen molar-refractivity contribution in [3.63, 3.8) is 0 Å². The van der Waals surface area contributed by atoms with Crippen molar-refractivity contribution < 1.29 is 9.53 Å². The molecule has 144 valence electrons. The summed E-state index contributed by atoms with van der Waals surface area (Å²) in [7, 11) is 5.55. The highest BCUT2D eigenvalue weighted by molar-refractivity contribution is 5.94. The van der Waals surface area contributed by atoms with Crippen molar-refractivity contribution in [2.75, 3.05) is 47.4 Å². The highest BCUT2D eigenvalue weighted by atomic mass is 16.5. The van der Waals surface area contributed by atoms with Crippen molar-refractivity contribution in [3.8, 4) is 0 Å². The maximum atomic E-state index is 11.7. The maximum Gasteiger partial charge on any atom is 0.251 e. The minimum absolute atomic E-state index is 0.0523. The highest BCUT2D eigenvalue weighted by Crippen LogP contribution is 2.18. The Morgan fingerprint density at radius 1 is 1.35 bits per heavy atom. The summed E-state index contributed by atoms with van der Waals surface area (Å²) in [6.45, 7) is 3.58. The summed E-state index contributed by atoms with van der Waals surface area (Å²) in [6.07, 6.45) is 4.36. The molecule has 26 heavy (non-hydrogen) atoms. The Balaban J connectivity index is 1.76. The molecule has 1 aliphatic heterocycles. The van der Waals surface area contributed by atoms with Crippen LogP contribution in [0.25, 0.3) is 0 Å². The lowest BCUT2D eigenvalue weighted by molar-refractivity contribution is 0.0625. The largest absolute Gasteiger partial charge is 0.381 e. The van der Waals surface area contributed by atoms with E-state index in [0.29, 0.717) is 5.56 Å². The van der Waals surface area contributed by atoms with E-state index in [4.69, 9.17) is 4.74 Å². The van der Waals surface area contributed by atoms with Gasteiger partial charge in [-0.2, -0.15) is 0 Å². The molecular formula is C20H32N4O2. The van der Waals surface area contributed by atoms with Gasteiger partial charge in [-0.15, -0.1) is 0 Å². The van der Waals surface area contributed by atoms with Crippen LogP contribution in [0.15, 0.2) is 29.3 Å². The zero-order chi connectivity index (χ0) is 18.8. The highest BCUT2D eigenvalue weighted by Gasteiger charge is 2.15. The minimum atomic E-state index is -0.0523. The van der Waals surface area contributed by atoms with Gasteiger partial charge in [-0.1, -0.05) is 12.1 Å². The lowest BCUT2D eigenvalue weighted by Crippen LogP contribution is -2.40. The first-order valence-electron chi connectivity index (χ1n) is 9.44. The number of hydrogen-bond acceptors (Lipinski definition) is 3. The van der Waals surface area contributed by atoms with E-state index in [-0.39, 0.29) is 5.91 Å². The first-order valence-corrected chi connectivity index (χ1v) is 9.44.